The molecule has 0 bridgehead atoms. The summed E-state index contributed by atoms with van der Waals surface area (Å²) in [5.74, 6) is -0.0353. The van der Waals surface area contributed by atoms with Gasteiger partial charge in [-0.25, -0.2) is 0 Å². The molecule has 0 aromatic carbocycles. The second-order valence-corrected chi connectivity index (χ2v) is 3.87. The van der Waals surface area contributed by atoms with Crippen LogP contribution in [0.1, 0.15) is 27.2 Å². The van der Waals surface area contributed by atoms with Gasteiger partial charge in [-0.2, -0.15) is 0 Å². The second kappa shape index (κ2) is 5.32. The smallest absolute Gasteiger partial charge is 0.146 e. The zero-order valence-electron chi connectivity index (χ0n) is 8.54. The van der Waals surface area contributed by atoms with Gasteiger partial charge >= 0.3 is 0 Å². The molecule has 4 nitrogen and oxygen atoms in total. The molecule has 0 saturated heterocycles. The zero-order valence-corrected chi connectivity index (χ0v) is 8.54. The van der Waals surface area contributed by atoms with Crippen LogP contribution in [-0.2, 0) is 9.53 Å². The minimum absolute atomic E-state index is 0.0353. The fourth-order valence-electron chi connectivity index (χ4n) is 0.735. The molecule has 0 fully saturated rings. The van der Waals surface area contributed by atoms with E-state index < -0.39 is 11.6 Å². The number of aliphatic hydroxyl groups is 1. The van der Waals surface area contributed by atoms with Crippen molar-refractivity contribution >= 4 is 5.78 Å². The highest BCUT2D eigenvalue weighted by molar-refractivity contribution is 5.81. The van der Waals surface area contributed by atoms with E-state index in [0.717, 1.165) is 0 Å². The molecule has 0 unspecified atom stereocenters. The summed E-state index contributed by atoms with van der Waals surface area (Å²) >= 11 is 0. The first kappa shape index (κ1) is 12.6. The van der Waals surface area contributed by atoms with E-state index in [0.29, 0.717) is 13.0 Å². The summed E-state index contributed by atoms with van der Waals surface area (Å²) in [7, 11) is 0. The van der Waals surface area contributed by atoms with Crippen molar-refractivity contribution in [2.45, 2.75) is 38.8 Å². The molecule has 3 N–H and O–H groups in total. The van der Waals surface area contributed by atoms with Crippen LogP contribution in [-0.4, -0.2) is 35.7 Å². The fourth-order valence-corrected chi connectivity index (χ4v) is 0.735. The standard InChI is InChI=1S/C9H19NO3/c1-7(11)8(10)4-5-13-6-9(2,3)12/h8,12H,4-6,10H2,1-3H3/t8-/m0/s1. The summed E-state index contributed by atoms with van der Waals surface area (Å²) in [6.45, 7) is 5.46. The van der Waals surface area contributed by atoms with Gasteiger partial charge in [0.15, 0.2) is 0 Å². The molecule has 0 saturated carbocycles. The second-order valence-electron chi connectivity index (χ2n) is 3.87. The van der Waals surface area contributed by atoms with Crippen molar-refractivity contribution in [2.24, 2.45) is 5.73 Å². The van der Waals surface area contributed by atoms with Crippen LogP contribution in [0, 0.1) is 0 Å². The largest absolute Gasteiger partial charge is 0.388 e. The fraction of sp³-hybridized carbons (Fsp3) is 0.889. The molecule has 1 atom stereocenters. The first-order chi connectivity index (χ1) is 5.83. The quantitative estimate of drug-likeness (QED) is 0.580. The minimum atomic E-state index is -0.819. The van der Waals surface area contributed by atoms with Crippen molar-refractivity contribution in [3.63, 3.8) is 0 Å². The zero-order chi connectivity index (χ0) is 10.5. The SMILES string of the molecule is CC(=O)[C@@H](N)CCOCC(C)(C)O. The third-order valence-electron chi connectivity index (χ3n) is 1.55. The average Bonchev–Trinajstić information content (AvgIpc) is 1.95. The van der Waals surface area contributed by atoms with Crippen LogP contribution < -0.4 is 5.73 Å². The Bertz CT molecular complexity index is 163. The Balaban J connectivity index is 3.41. The van der Waals surface area contributed by atoms with E-state index in [9.17, 15) is 9.90 Å². The van der Waals surface area contributed by atoms with Gasteiger partial charge in [-0.05, 0) is 27.2 Å². The molecule has 4 heteroatoms. The number of hydrogen-bond donors (Lipinski definition) is 2. The summed E-state index contributed by atoms with van der Waals surface area (Å²) in [6, 6.07) is -0.443. The molecule has 0 radical (unpaired) electrons. The average molecular weight is 189 g/mol. The van der Waals surface area contributed by atoms with Crippen LogP contribution >= 0.6 is 0 Å². The highest BCUT2D eigenvalue weighted by atomic mass is 16.5. The molecule has 0 aliphatic rings. The lowest BCUT2D eigenvalue weighted by atomic mass is 10.1. The van der Waals surface area contributed by atoms with Gasteiger partial charge in [0.25, 0.3) is 0 Å². The van der Waals surface area contributed by atoms with Crippen LogP contribution in [0.15, 0.2) is 0 Å². The molecule has 78 valence electrons. The van der Waals surface area contributed by atoms with E-state index in [4.69, 9.17) is 10.5 Å². The Kier molecular flexibility index (Phi) is 5.13. The van der Waals surface area contributed by atoms with E-state index in [1.54, 1.807) is 13.8 Å². The van der Waals surface area contributed by atoms with Crippen molar-refractivity contribution in [3.8, 4) is 0 Å². The van der Waals surface area contributed by atoms with E-state index in [1.807, 2.05) is 0 Å². The van der Waals surface area contributed by atoms with E-state index in [-0.39, 0.29) is 12.4 Å². The molecule has 0 aromatic heterocycles. The van der Waals surface area contributed by atoms with Crippen molar-refractivity contribution in [3.05, 3.63) is 0 Å². The number of hydrogen-bond acceptors (Lipinski definition) is 4. The number of Topliss-reactive ketones (excluding diaryl/α,β-unsaturated/α-hetero) is 1. The maximum Gasteiger partial charge on any atom is 0.146 e. The molecule has 0 aromatic rings. The molecule has 0 spiro atoms. The van der Waals surface area contributed by atoms with Gasteiger partial charge in [0.05, 0.1) is 18.2 Å². The summed E-state index contributed by atoms with van der Waals surface area (Å²) in [6.07, 6.45) is 0.505. The molecule has 0 amide bonds. The van der Waals surface area contributed by atoms with Crippen molar-refractivity contribution in [1.82, 2.24) is 0 Å². The Morgan fingerprint density at radius 2 is 2.15 bits per heavy atom. The van der Waals surface area contributed by atoms with Crippen LogP contribution in [0.4, 0.5) is 0 Å². The van der Waals surface area contributed by atoms with Gasteiger partial charge in [0.1, 0.15) is 5.78 Å². The third-order valence-corrected chi connectivity index (χ3v) is 1.55. The lowest BCUT2D eigenvalue weighted by Gasteiger charge is -2.17. The number of carbonyl (C=O) groups excluding carboxylic acids is 1. The highest BCUT2D eigenvalue weighted by Crippen LogP contribution is 2.01. The van der Waals surface area contributed by atoms with Crippen molar-refractivity contribution < 1.29 is 14.6 Å². The lowest BCUT2D eigenvalue weighted by Crippen LogP contribution is -2.31. The maximum absolute atomic E-state index is 10.7. The summed E-state index contributed by atoms with van der Waals surface area (Å²) in [4.78, 5) is 10.7. The van der Waals surface area contributed by atoms with Crippen LogP contribution in [0.2, 0.25) is 0 Å². The molecular weight excluding hydrogens is 170 g/mol. The maximum atomic E-state index is 10.7. The Hall–Kier alpha value is -0.450. The summed E-state index contributed by atoms with van der Waals surface area (Å²) in [5.41, 5.74) is 4.66. The molecule has 0 rings (SSSR count). The molecule has 13 heavy (non-hydrogen) atoms. The normalized spacial score (nSPS) is 14.2. The first-order valence-electron chi connectivity index (χ1n) is 4.39. The van der Waals surface area contributed by atoms with Gasteiger partial charge in [-0.15, -0.1) is 0 Å². The van der Waals surface area contributed by atoms with Gasteiger partial charge < -0.3 is 15.6 Å². The number of nitrogens with two attached hydrogens (primary N) is 1. The minimum Gasteiger partial charge on any atom is -0.388 e. The highest BCUT2D eigenvalue weighted by Gasteiger charge is 2.13. The lowest BCUT2D eigenvalue weighted by molar-refractivity contribution is -0.118. The van der Waals surface area contributed by atoms with Gasteiger partial charge in [-0.1, -0.05) is 0 Å². The van der Waals surface area contributed by atoms with Crippen molar-refractivity contribution in [2.75, 3.05) is 13.2 Å². The third kappa shape index (κ3) is 7.90. The predicted molar refractivity (Wildman–Crippen MR) is 50.4 cm³/mol. The van der Waals surface area contributed by atoms with Gasteiger partial charge in [0.2, 0.25) is 0 Å². The Morgan fingerprint density at radius 1 is 1.62 bits per heavy atom. The van der Waals surface area contributed by atoms with Crippen molar-refractivity contribution in [1.29, 1.82) is 0 Å². The van der Waals surface area contributed by atoms with E-state index in [2.05, 4.69) is 0 Å². The Morgan fingerprint density at radius 3 is 2.54 bits per heavy atom. The Labute approximate surface area is 79.1 Å². The van der Waals surface area contributed by atoms with Crippen LogP contribution in [0.3, 0.4) is 0 Å². The number of ketones is 1. The molecule has 0 aliphatic carbocycles. The van der Waals surface area contributed by atoms with Gasteiger partial charge in [0, 0.05) is 6.61 Å². The monoisotopic (exact) mass is 189 g/mol. The summed E-state index contributed by atoms with van der Waals surface area (Å²) in [5, 5.41) is 9.27. The summed E-state index contributed by atoms with van der Waals surface area (Å²) < 4.78 is 5.14. The number of carbonyl (C=O) groups is 1. The van der Waals surface area contributed by atoms with Gasteiger partial charge in [-0.3, -0.25) is 4.79 Å². The molecule has 0 heterocycles. The predicted octanol–water partition coefficient (Wildman–Crippen LogP) is 0.0803. The van der Waals surface area contributed by atoms with Crippen LogP contribution in [0.25, 0.3) is 0 Å². The van der Waals surface area contributed by atoms with Crippen LogP contribution in [0.5, 0.6) is 0 Å². The first-order valence-corrected chi connectivity index (χ1v) is 4.39. The van der Waals surface area contributed by atoms with E-state index in [1.165, 1.54) is 6.92 Å². The number of rotatable bonds is 6. The molecule has 0 aliphatic heterocycles. The topological polar surface area (TPSA) is 72.6 Å². The number of ether oxygens (including phenoxy) is 1. The molecular formula is C9H19NO3. The van der Waals surface area contributed by atoms with E-state index >= 15 is 0 Å².